The van der Waals surface area contributed by atoms with Crippen LogP contribution in [0.3, 0.4) is 0 Å². The summed E-state index contributed by atoms with van der Waals surface area (Å²) in [6.07, 6.45) is -1.04. The second kappa shape index (κ2) is 42.8. The number of aliphatic hydroxyl groups excluding tert-OH is 2. The molecular formula is C50H108N10O8. The molecule has 2 N–H and O–H groups in total. The molecule has 0 bridgehead atoms. The van der Waals surface area contributed by atoms with E-state index in [4.69, 9.17) is 28.4 Å². The van der Waals surface area contributed by atoms with Gasteiger partial charge in [0.1, 0.15) is 0 Å². The van der Waals surface area contributed by atoms with Crippen molar-refractivity contribution < 1.29 is 38.6 Å². The number of nitrogens with zero attached hydrogens (tertiary/aromatic N) is 10. The van der Waals surface area contributed by atoms with Crippen LogP contribution in [0.15, 0.2) is 0 Å². The molecule has 0 aromatic carbocycles. The minimum Gasteiger partial charge on any atom is -0.390 e. The Morgan fingerprint density at radius 2 is 0.544 bits per heavy atom. The first kappa shape index (κ1) is 63.4. The predicted molar refractivity (Wildman–Crippen MR) is 277 cm³/mol. The van der Waals surface area contributed by atoms with Gasteiger partial charge in [-0.05, 0) is 39.3 Å². The van der Waals surface area contributed by atoms with Crippen LogP contribution in [0.4, 0.5) is 0 Å². The molecule has 0 aromatic rings. The largest absolute Gasteiger partial charge is 0.390 e. The fraction of sp³-hybridized carbons (Fsp3) is 1.00. The van der Waals surface area contributed by atoms with Gasteiger partial charge in [-0.25, -0.2) is 0 Å². The highest BCUT2D eigenvalue weighted by atomic mass is 16.5. The van der Waals surface area contributed by atoms with E-state index in [0.717, 1.165) is 157 Å². The Morgan fingerprint density at radius 1 is 0.324 bits per heavy atom. The van der Waals surface area contributed by atoms with Gasteiger partial charge in [-0.2, -0.15) is 0 Å². The smallest absolute Gasteiger partial charge is 0.0793 e. The van der Waals surface area contributed by atoms with E-state index >= 15 is 0 Å². The summed E-state index contributed by atoms with van der Waals surface area (Å²) >= 11 is 0. The van der Waals surface area contributed by atoms with E-state index in [1.165, 1.54) is 0 Å². The first-order valence-corrected chi connectivity index (χ1v) is 27.1. The van der Waals surface area contributed by atoms with Gasteiger partial charge in [-0.3, -0.25) is 19.6 Å². The Bertz CT molecular complexity index is 995. The monoisotopic (exact) mass is 977 g/mol. The second-order valence-corrected chi connectivity index (χ2v) is 18.6. The maximum atomic E-state index is 11.9. The molecule has 406 valence electrons. The minimum atomic E-state index is -0.522. The summed E-state index contributed by atoms with van der Waals surface area (Å²) in [5, 5.41) is 23.8. The van der Waals surface area contributed by atoms with Crippen molar-refractivity contribution >= 4 is 0 Å². The average molecular weight is 977 g/mol. The Balaban J connectivity index is 2.20. The third-order valence-electron chi connectivity index (χ3n) is 13.9. The molecule has 68 heavy (non-hydrogen) atoms. The first-order valence-electron chi connectivity index (χ1n) is 27.1. The van der Waals surface area contributed by atoms with E-state index in [1.54, 1.807) is 14.2 Å². The zero-order chi connectivity index (χ0) is 49.5. The number of methoxy groups -OCH3 is 2. The molecule has 2 unspecified atom stereocenters. The molecule has 2 aliphatic rings. The average Bonchev–Trinajstić information content (AvgIpc) is 3.34. The number of ether oxygens (including phenoxy) is 6. The quantitative estimate of drug-likeness (QED) is 0.0842. The molecule has 0 radical (unpaired) electrons. The molecular weight excluding hydrogens is 869 g/mol. The lowest BCUT2D eigenvalue weighted by Gasteiger charge is -2.35. The number of hydrogen-bond acceptors (Lipinski definition) is 18. The van der Waals surface area contributed by atoms with E-state index in [9.17, 15) is 10.2 Å². The Labute approximate surface area is 416 Å². The topological polar surface area (TPSA) is 128 Å². The van der Waals surface area contributed by atoms with Crippen molar-refractivity contribution in [2.24, 2.45) is 0 Å². The van der Waals surface area contributed by atoms with E-state index in [2.05, 4.69) is 90.5 Å². The van der Waals surface area contributed by atoms with Crippen molar-refractivity contribution in [1.29, 1.82) is 0 Å². The molecule has 2 heterocycles. The van der Waals surface area contributed by atoms with Crippen LogP contribution in [0.1, 0.15) is 41.5 Å². The van der Waals surface area contributed by atoms with Crippen molar-refractivity contribution in [2.45, 2.75) is 53.8 Å². The summed E-state index contributed by atoms with van der Waals surface area (Å²) in [6.45, 7) is 46.8. The number of likely N-dealkylation sites (N-methyl/N-ethyl adjacent to an activating group) is 6. The molecule has 0 amide bonds. The van der Waals surface area contributed by atoms with Crippen LogP contribution in [-0.4, -0.2) is 348 Å². The van der Waals surface area contributed by atoms with Gasteiger partial charge in [0, 0.05) is 171 Å². The van der Waals surface area contributed by atoms with Gasteiger partial charge in [-0.1, -0.05) is 41.5 Å². The first-order chi connectivity index (χ1) is 33.2. The van der Waals surface area contributed by atoms with Crippen molar-refractivity contribution in [3.8, 4) is 0 Å². The summed E-state index contributed by atoms with van der Waals surface area (Å²) in [6, 6.07) is 0. The van der Waals surface area contributed by atoms with Crippen molar-refractivity contribution in [1.82, 2.24) is 49.0 Å². The number of hydrogen-bond donors (Lipinski definition) is 2. The SMILES string of the molecule is CCN1CCN(CC)CCN(CC(O)CN(CCOCCOCCOC)CCN(CCOCCOCCOC)CC(O)CN2CCN(CC)CCN(CC)CCN(CC)CC2)CCN(CC)CC1. The zero-order valence-electron chi connectivity index (χ0n) is 45.3. The summed E-state index contributed by atoms with van der Waals surface area (Å²) in [5.41, 5.74) is 0. The van der Waals surface area contributed by atoms with Crippen LogP contribution >= 0.6 is 0 Å². The van der Waals surface area contributed by atoms with Gasteiger partial charge < -0.3 is 68.0 Å². The van der Waals surface area contributed by atoms with Gasteiger partial charge in [-0.15, -0.1) is 0 Å². The van der Waals surface area contributed by atoms with Crippen LogP contribution < -0.4 is 0 Å². The van der Waals surface area contributed by atoms with E-state index in [-0.39, 0.29) is 0 Å². The summed E-state index contributed by atoms with van der Waals surface area (Å²) in [7, 11) is 3.36. The zero-order valence-corrected chi connectivity index (χ0v) is 45.3. The Kier molecular flexibility index (Phi) is 39.9. The van der Waals surface area contributed by atoms with Gasteiger partial charge in [0.05, 0.1) is 78.3 Å². The van der Waals surface area contributed by atoms with Crippen molar-refractivity contribution in [3.05, 3.63) is 0 Å². The normalized spacial score (nSPS) is 20.1. The van der Waals surface area contributed by atoms with Crippen molar-refractivity contribution in [3.63, 3.8) is 0 Å². The van der Waals surface area contributed by atoms with Gasteiger partial charge >= 0.3 is 0 Å². The van der Waals surface area contributed by atoms with Gasteiger partial charge in [0.25, 0.3) is 0 Å². The summed E-state index contributed by atoms with van der Waals surface area (Å²) < 4.78 is 33.7. The molecule has 0 spiro atoms. The van der Waals surface area contributed by atoms with Crippen molar-refractivity contribution in [2.75, 3.05) is 277 Å². The lowest BCUT2D eigenvalue weighted by molar-refractivity contribution is 0.00502. The third kappa shape index (κ3) is 31.7. The lowest BCUT2D eigenvalue weighted by atomic mass is 10.2. The number of rotatable bonds is 35. The maximum absolute atomic E-state index is 11.9. The van der Waals surface area contributed by atoms with Crippen LogP contribution in [0, 0.1) is 0 Å². The van der Waals surface area contributed by atoms with Crippen LogP contribution in [0.25, 0.3) is 0 Å². The molecule has 0 aliphatic carbocycles. The van der Waals surface area contributed by atoms with Gasteiger partial charge in [0.15, 0.2) is 0 Å². The highest BCUT2D eigenvalue weighted by Gasteiger charge is 2.23. The highest BCUT2D eigenvalue weighted by molar-refractivity contribution is 4.78. The molecule has 0 saturated carbocycles. The highest BCUT2D eigenvalue weighted by Crippen LogP contribution is 2.07. The van der Waals surface area contributed by atoms with E-state index in [1.807, 2.05) is 0 Å². The second-order valence-electron chi connectivity index (χ2n) is 18.6. The minimum absolute atomic E-state index is 0.510. The number of β-amino-alcohol motifs (C(OH)–C–C–N with tert-alkyl or cyclic N) is 2. The fourth-order valence-corrected chi connectivity index (χ4v) is 8.91. The standard InChI is InChI=1S/C50H108N10O8/c1-9-51-15-19-53(11-3)23-27-57(28-24-54(12-4)20-16-51)45-49(61)47-59(33-35-65-41-43-67-39-37-63-7)31-32-60(34-36-66-42-44-68-40-38-64-8)48-50(62)46-58-29-25-55(13-5)21-17-52(10-2)18-22-56(14-6)26-30-58/h49-50,61-62H,9-48H2,1-8H3. The Hall–Kier alpha value is -0.720. The fourth-order valence-electron chi connectivity index (χ4n) is 8.91. The lowest BCUT2D eigenvalue weighted by Crippen LogP contribution is -2.50. The molecule has 2 rings (SSSR count). The van der Waals surface area contributed by atoms with E-state index < -0.39 is 12.2 Å². The molecule has 18 heteroatoms. The summed E-state index contributed by atoms with van der Waals surface area (Å²) in [4.78, 5) is 25.1. The molecule has 0 aromatic heterocycles. The van der Waals surface area contributed by atoms with Crippen LogP contribution in [0.5, 0.6) is 0 Å². The maximum Gasteiger partial charge on any atom is 0.0793 e. The molecule has 2 aliphatic heterocycles. The Morgan fingerprint density at radius 3 is 0.779 bits per heavy atom. The molecule has 18 nitrogen and oxygen atoms in total. The molecule has 2 atom stereocenters. The van der Waals surface area contributed by atoms with Crippen LogP contribution in [-0.2, 0) is 28.4 Å². The molecule has 2 saturated heterocycles. The van der Waals surface area contributed by atoms with Crippen LogP contribution in [0.2, 0.25) is 0 Å². The third-order valence-corrected chi connectivity index (χ3v) is 13.9. The predicted octanol–water partition coefficient (Wildman–Crippen LogP) is 0.234. The number of aliphatic hydroxyl groups is 2. The van der Waals surface area contributed by atoms with E-state index in [0.29, 0.717) is 105 Å². The van der Waals surface area contributed by atoms with Gasteiger partial charge in [0.2, 0.25) is 0 Å². The molecule has 2 fully saturated rings. The summed E-state index contributed by atoms with van der Waals surface area (Å²) in [5.74, 6) is 0.